The lowest BCUT2D eigenvalue weighted by atomic mass is 10.1. The van der Waals surface area contributed by atoms with Gasteiger partial charge in [0.05, 0.1) is 4.47 Å². The molecule has 0 aromatic carbocycles. The standard InChI is InChI=1S/C14H24BrN5/c1-2-13(4-5-16)19-6-3-7-20(9-8-19)14-17-10-12(15)11-18-14/h10-11,13H,2-9,16H2,1H3. The number of hydrogen-bond donors (Lipinski definition) is 1. The number of anilines is 1. The lowest BCUT2D eigenvalue weighted by Crippen LogP contribution is -2.39. The van der Waals surface area contributed by atoms with E-state index < -0.39 is 0 Å². The average molecular weight is 342 g/mol. The molecule has 1 fully saturated rings. The van der Waals surface area contributed by atoms with Crippen molar-refractivity contribution in [3.05, 3.63) is 16.9 Å². The lowest BCUT2D eigenvalue weighted by molar-refractivity contribution is 0.196. The van der Waals surface area contributed by atoms with E-state index in [1.165, 1.54) is 6.42 Å². The van der Waals surface area contributed by atoms with E-state index in [-0.39, 0.29) is 0 Å². The second-order valence-corrected chi connectivity index (χ2v) is 6.13. The summed E-state index contributed by atoms with van der Waals surface area (Å²) in [5, 5.41) is 0. The summed E-state index contributed by atoms with van der Waals surface area (Å²) in [5.74, 6) is 0.835. The zero-order valence-corrected chi connectivity index (χ0v) is 13.7. The van der Waals surface area contributed by atoms with Crippen LogP contribution in [0.4, 0.5) is 5.95 Å². The first kappa shape index (κ1) is 15.7. The van der Waals surface area contributed by atoms with E-state index in [0.717, 1.165) is 56.0 Å². The molecule has 0 aliphatic carbocycles. The fourth-order valence-corrected chi connectivity index (χ4v) is 3.01. The van der Waals surface area contributed by atoms with Crippen LogP contribution in [0.5, 0.6) is 0 Å². The molecule has 112 valence electrons. The molecule has 0 spiro atoms. The number of hydrogen-bond acceptors (Lipinski definition) is 5. The molecular formula is C14H24BrN5. The summed E-state index contributed by atoms with van der Waals surface area (Å²) in [6.07, 6.45) is 7.04. The molecule has 2 N–H and O–H groups in total. The Bertz CT molecular complexity index is 397. The van der Waals surface area contributed by atoms with Gasteiger partial charge in [0, 0.05) is 44.6 Å². The number of rotatable bonds is 5. The van der Waals surface area contributed by atoms with Crippen molar-refractivity contribution in [2.24, 2.45) is 5.73 Å². The molecule has 1 aromatic rings. The third-order valence-corrected chi connectivity index (χ3v) is 4.32. The number of nitrogens with two attached hydrogens (primary N) is 1. The Hall–Kier alpha value is -0.720. The quantitative estimate of drug-likeness (QED) is 0.885. The van der Waals surface area contributed by atoms with Crippen molar-refractivity contribution >= 4 is 21.9 Å². The smallest absolute Gasteiger partial charge is 0.225 e. The summed E-state index contributed by atoms with van der Waals surface area (Å²) in [6, 6.07) is 0.616. The highest BCUT2D eigenvalue weighted by molar-refractivity contribution is 9.10. The van der Waals surface area contributed by atoms with E-state index in [1.807, 2.05) is 12.4 Å². The molecule has 2 rings (SSSR count). The Kier molecular flexibility index (Phi) is 6.19. The van der Waals surface area contributed by atoms with Gasteiger partial charge >= 0.3 is 0 Å². The average Bonchev–Trinajstić information content (AvgIpc) is 2.71. The van der Waals surface area contributed by atoms with E-state index in [4.69, 9.17) is 5.73 Å². The third-order valence-electron chi connectivity index (χ3n) is 3.91. The van der Waals surface area contributed by atoms with Gasteiger partial charge in [-0.2, -0.15) is 0 Å². The Morgan fingerprint density at radius 2 is 2.00 bits per heavy atom. The highest BCUT2D eigenvalue weighted by Crippen LogP contribution is 2.16. The van der Waals surface area contributed by atoms with Gasteiger partial charge in [0.1, 0.15) is 0 Å². The topological polar surface area (TPSA) is 58.3 Å². The van der Waals surface area contributed by atoms with Crippen LogP contribution in [0.15, 0.2) is 16.9 Å². The molecule has 1 aromatic heterocycles. The molecule has 6 heteroatoms. The van der Waals surface area contributed by atoms with E-state index in [9.17, 15) is 0 Å². The predicted molar refractivity (Wildman–Crippen MR) is 85.9 cm³/mol. The van der Waals surface area contributed by atoms with Crippen LogP contribution < -0.4 is 10.6 Å². The number of halogens is 1. The van der Waals surface area contributed by atoms with Crippen molar-refractivity contribution in [3.8, 4) is 0 Å². The molecule has 1 aliphatic rings. The van der Waals surface area contributed by atoms with E-state index in [2.05, 4.69) is 42.6 Å². The number of aromatic nitrogens is 2. The molecule has 0 saturated carbocycles. The van der Waals surface area contributed by atoms with Crippen molar-refractivity contribution in [1.82, 2.24) is 14.9 Å². The molecule has 1 atom stereocenters. The van der Waals surface area contributed by atoms with Crippen LogP contribution in [-0.2, 0) is 0 Å². The molecular weight excluding hydrogens is 318 g/mol. The SMILES string of the molecule is CCC(CCN)N1CCCN(c2ncc(Br)cn2)CC1. The van der Waals surface area contributed by atoms with Crippen molar-refractivity contribution in [2.45, 2.75) is 32.2 Å². The summed E-state index contributed by atoms with van der Waals surface area (Å²) < 4.78 is 0.923. The highest BCUT2D eigenvalue weighted by Gasteiger charge is 2.21. The van der Waals surface area contributed by atoms with Crippen molar-refractivity contribution in [3.63, 3.8) is 0 Å². The zero-order chi connectivity index (χ0) is 14.4. The summed E-state index contributed by atoms with van der Waals surface area (Å²) >= 11 is 3.38. The molecule has 0 bridgehead atoms. The maximum atomic E-state index is 5.72. The zero-order valence-electron chi connectivity index (χ0n) is 12.1. The lowest BCUT2D eigenvalue weighted by Gasteiger charge is -2.29. The maximum absolute atomic E-state index is 5.72. The molecule has 1 aliphatic heterocycles. The molecule has 2 heterocycles. The van der Waals surface area contributed by atoms with Gasteiger partial charge in [-0.15, -0.1) is 0 Å². The first-order valence-corrected chi connectivity index (χ1v) is 8.20. The van der Waals surface area contributed by atoms with Gasteiger partial charge in [-0.05, 0) is 41.7 Å². The monoisotopic (exact) mass is 341 g/mol. The van der Waals surface area contributed by atoms with Crippen LogP contribution >= 0.6 is 15.9 Å². The van der Waals surface area contributed by atoms with Gasteiger partial charge in [-0.25, -0.2) is 9.97 Å². The maximum Gasteiger partial charge on any atom is 0.225 e. The summed E-state index contributed by atoms with van der Waals surface area (Å²) in [5.41, 5.74) is 5.72. The predicted octanol–water partition coefficient (Wildman–Crippen LogP) is 1.88. The Morgan fingerprint density at radius 3 is 2.65 bits per heavy atom. The second kappa shape index (κ2) is 7.90. The second-order valence-electron chi connectivity index (χ2n) is 5.22. The highest BCUT2D eigenvalue weighted by atomic mass is 79.9. The van der Waals surface area contributed by atoms with Crippen LogP contribution in [0.2, 0.25) is 0 Å². The van der Waals surface area contributed by atoms with E-state index >= 15 is 0 Å². The van der Waals surface area contributed by atoms with Gasteiger partial charge in [-0.3, -0.25) is 4.90 Å². The normalized spacial score (nSPS) is 18.9. The largest absolute Gasteiger partial charge is 0.339 e. The van der Waals surface area contributed by atoms with Crippen LogP contribution in [0, 0.1) is 0 Å². The van der Waals surface area contributed by atoms with Crippen molar-refractivity contribution < 1.29 is 0 Å². The first-order valence-electron chi connectivity index (χ1n) is 7.41. The Morgan fingerprint density at radius 1 is 1.25 bits per heavy atom. The minimum absolute atomic E-state index is 0.616. The number of nitrogens with zero attached hydrogens (tertiary/aromatic N) is 4. The fourth-order valence-electron chi connectivity index (χ4n) is 2.81. The molecule has 0 amide bonds. The molecule has 0 radical (unpaired) electrons. The van der Waals surface area contributed by atoms with Crippen LogP contribution in [0.3, 0.4) is 0 Å². The van der Waals surface area contributed by atoms with Crippen LogP contribution in [-0.4, -0.2) is 53.6 Å². The summed E-state index contributed by atoms with van der Waals surface area (Å²) in [7, 11) is 0. The van der Waals surface area contributed by atoms with E-state index in [1.54, 1.807) is 0 Å². The first-order chi connectivity index (χ1) is 9.74. The summed E-state index contributed by atoms with van der Waals surface area (Å²) in [4.78, 5) is 13.7. The fraction of sp³-hybridized carbons (Fsp3) is 0.714. The van der Waals surface area contributed by atoms with Gasteiger partial charge in [0.25, 0.3) is 0 Å². The van der Waals surface area contributed by atoms with Gasteiger partial charge in [0.2, 0.25) is 5.95 Å². The van der Waals surface area contributed by atoms with Gasteiger partial charge in [0.15, 0.2) is 0 Å². The Balaban J connectivity index is 1.96. The minimum atomic E-state index is 0.616. The Labute approximate surface area is 129 Å². The molecule has 1 unspecified atom stereocenters. The van der Waals surface area contributed by atoms with Crippen molar-refractivity contribution in [1.29, 1.82) is 0 Å². The van der Waals surface area contributed by atoms with Crippen molar-refractivity contribution in [2.75, 3.05) is 37.6 Å². The molecule has 1 saturated heterocycles. The van der Waals surface area contributed by atoms with Crippen LogP contribution in [0.25, 0.3) is 0 Å². The molecule has 20 heavy (non-hydrogen) atoms. The van der Waals surface area contributed by atoms with Gasteiger partial charge < -0.3 is 10.6 Å². The van der Waals surface area contributed by atoms with E-state index in [0.29, 0.717) is 6.04 Å². The molecule has 5 nitrogen and oxygen atoms in total. The van der Waals surface area contributed by atoms with Crippen LogP contribution in [0.1, 0.15) is 26.2 Å². The third kappa shape index (κ3) is 4.14. The summed E-state index contributed by atoms with van der Waals surface area (Å²) in [6.45, 7) is 7.25. The minimum Gasteiger partial charge on any atom is -0.339 e. The van der Waals surface area contributed by atoms with Gasteiger partial charge in [-0.1, -0.05) is 6.92 Å².